The summed E-state index contributed by atoms with van der Waals surface area (Å²) in [7, 11) is -4.33. The van der Waals surface area contributed by atoms with Crippen molar-refractivity contribution in [1.29, 1.82) is 0 Å². The van der Waals surface area contributed by atoms with E-state index in [1.165, 1.54) is 12.1 Å². The Morgan fingerprint density at radius 2 is 1.66 bits per heavy atom. The Labute approximate surface area is 198 Å². The van der Waals surface area contributed by atoms with Crippen LogP contribution in [-0.2, 0) is 27.5 Å². The van der Waals surface area contributed by atoms with Crippen molar-refractivity contribution in [1.82, 2.24) is 9.21 Å². The molecular formula is C22H22F6N2O4S. The number of piperazine rings is 1. The standard InChI is InChI=1S/C22H22F6N2O4S/c23-21(24,25)16-3-1-4-18(13-16)35(31,32)30-12-11-29-10-2-5-19(29)20(30)33-14-15-6-8-17(9-7-15)34-22(26,27)28/h1,3-4,6-9,13,19-20H,2,5,10-12,14H2. The monoisotopic (exact) mass is 524 g/mol. The Bertz CT molecular complexity index is 1140. The van der Waals surface area contributed by atoms with E-state index in [0.29, 0.717) is 24.6 Å². The van der Waals surface area contributed by atoms with Gasteiger partial charge in [-0.2, -0.15) is 17.5 Å². The molecule has 2 aliphatic rings. The first-order valence-corrected chi connectivity index (χ1v) is 12.2. The minimum atomic E-state index is -4.83. The maximum Gasteiger partial charge on any atom is 0.573 e. The van der Waals surface area contributed by atoms with Gasteiger partial charge in [0, 0.05) is 13.1 Å². The average Bonchev–Trinajstić information content (AvgIpc) is 3.26. The highest BCUT2D eigenvalue weighted by atomic mass is 32.2. The fraction of sp³-hybridized carbons (Fsp3) is 0.455. The summed E-state index contributed by atoms with van der Waals surface area (Å²) in [5, 5.41) is 0. The Morgan fingerprint density at radius 1 is 0.943 bits per heavy atom. The lowest BCUT2D eigenvalue weighted by molar-refractivity contribution is -0.274. The normalized spacial score (nSPS) is 22.2. The van der Waals surface area contributed by atoms with E-state index in [1.807, 2.05) is 0 Å². The molecule has 35 heavy (non-hydrogen) atoms. The topological polar surface area (TPSA) is 59.1 Å². The van der Waals surface area contributed by atoms with Crippen LogP contribution in [0, 0.1) is 0 Å². The van der Waals surface area contributed by atoms with Gasteiger partial charge in [-0.3, -0.25) is 4.90 Å². The van der Waals surface area contributed by atoms with E-state index in [2.05, 4.69) is 9.64 Å². The van der Waals surface area contributed by atoms with Crippen LogP contribution < -0.4 is 4.74 Å². The van der Waals surface area contributed by atoms with Gasteiger partial charge in [-0.25, -0.2) is 8.42 Å². The molecule has 2 unspecified atom stereocenters. The molecule has 0 amide bonds. The van der Waals surface area contributed by atoms with Gasteiger partial charge in [0.15, 0.2) is 0 Å². The molecule has 0 N–H and O–H groups in total. The van der Waals surface area contributed by atoms with Crippen molar-refractivity contribution >= 4 is 10.0 Å². The summed E-state index contributed by atoms with van der Waals surface area (Å²) in [6.07, 6.45) is -9.06. The maximum absolute atomic E-state index is 13.4. The summed E-state index contributed by atoms with van der Waals surface area (Å²) in [6.45, 7) is 1.06. The summed E-state index contributed by atoms with van der Waals surface area (Å²) in [5.74, 6) is -0.408. The second kappa shape index (κ2) is 9.60. The highest BCUT2D eigenvalue weighted by Gasteiger charge is 2.45. The number of hydrogen-bond acceptors (Lipinski definition) is 5. The Kier molecular flexibility index (Phi) is 7.06. The van der Waals surface area contributed by atoms with Crippen LogP contribution in [0.15, 0.2) is 53.4 Å². The lowest BCUT2D eigenvalue weighted by Crippen LogP contribution is -2.59. The zero-order valence-electron chi connectivity index (χ0n) is 18.2. The number of fused-ring (bicyclic) bond motifs is 1. The van der Waals surface area contributed by atoms with E-state index in [4.69, 9.17) is 4.74 Å². The van der Waals surface area contributed by atoms with Gasteiger partial charge in [0.1, 0.15) is 12.0 Å². The summed E-state index contributed by atoms with van der Waals surface area (Å²) in [5.41, 5.74) is -0.595. The molecule has 0 bridgehead atoms. The predicted octanol–water partition coefficient (Wildman–Crippen LogP) is 4.62. The van der Waals surface area contributed by atoms with E-state index >= 15 is 0 Å². The number of benzene rings is 2. The smallest absolute Gasteiger partial charge is 0.406 e. The number of rotatable bonds is 6. The average molecular weight is 524 g/mol. The fourth-order valence-electron chi connectivity index (χ4n) is 4.39. The third kappa shape index (κ3) is 5.90. The Hall–Kier alpha value is -2.35. The van der Waals surface area contributed by atoms with E-state index in [1.54, 1.807) is 0 Å². The molecule has 13 heteroatoms. The largest absolute Gasteiger partial charge is 0.573 e. The van der Waals surface area contributed by atoms with Crippen molar-refractivity contribution in [3.63, 3.8) is 0 Å². The van der Waals surface area contributed by atoms with Crippen LogP contribution >= 0.6 is 0 Å². The molecule has 6 nitrogen and oxygen atoms in total. The lowest BCUT2D eigenvalue weighted by Gasteiger charge is -2.43. The molecule has 0 spiro atoms. The number of hydrogen-bond donors (Lipinski definition) is 0. The van der Waals surface area contributed by atoms with E-state index in [-0.39, 0.29) is 19.2 Å². The van der Waals surface area contributed by atoms with Gasteiger partial charge in [0.2, 0.25) is 10.0 Å². The van der Waals surface area contributed by atoms with Crippen molar-refractivity contribution in [2.45, 2.75) is 49.2 Å². The predicted molar refractivity (Wildman–Crippen MR) is 112 cm³/mol. The zero-order chi connectivity index (χ0) is 25.4. The van der Waals surface area contributed by atoms with Crippen LogP contribution in [0.2, 0.25) is 0 Å². The number of halogens is 6. The molecule has 4 rings (SSSR count). The molecular weight excluding hydrogens is 502 g/mol. The second-order valence-electron chi connectivity index (χ2n) is 8.28. The molecule has 2 fully saturated rings. The molecule has 0 aromatic heterocycles. The molecule has 0 radical (unpaired) electrons. The van der Waals surface area contributed by atoms with Crippen LogP contribution in [0.3, 0.4) is 0 Å². The first-order valence-electron chi connectivity index (χ1n) is 10.7. The first kappa shape index (κ1) is 25.7. The summed E-state index contributed by atoms with van der Waals surface area (Å²) in [6, 6.07) is 8.23. The molecule has 2 saturated heterocycles. The highest BCUT2D eigenvalue weighted by molar-refractivity contribution is 7.89. The molecule has 0 aliphatic carbocycles. The number of nitrogens with zero attached hydrogens (tertiary/aromatic N) is 2. The van der Waals surface area contributed by atoms with Gasteiger partial charge in [-0.05, 0) is 55.3 Å². The third-order valence-electron chi connectivity index (χ3n) is 5.98. The van der Waals surface area contributed by atoms with Gasteiger partial charge in [-0.15, -0.1) is 13.2 Å². The summed E-state index contributed by atoms with van der Waals surface area (Å²) >= 11 is 0. The molecule has 192 valence electrons. The minimum Gasteiger partial charge on any atom is -0.406 e. The first-order chi connectivity index (χ1) is 16.3. The van der Waals surface area contributed by atoms with Crippen molar-refractivity contribution in [2.24, 2.45) is 0 Å². The molecule has 0 saturated carbocycles. The van der Waals surface area contributed by atoms with Gasteiger partial charge in [0.25, 0.3) is 0 Å². The second-order valence-corrected chi connectivity index (χ2v) is 10.2. The van der Waals surface area contributed by atoms with Crippen molar-refractivity contribution in [3.05, 3.63) is 59.7 Å². The molecule has 2 aliphatic heterocycles. The fourth-order valence-corrected chi connectivity index (χ4v) is 5.98. The van der Waals surface area contributed by atoms with E-state index in [0.717, 1.165) is 47.6 Å². The van der Waals surface area contributed by atoms with Gasteiger partial charge < -0.3 is 9.47 Å². The van der Waals surface area contributed by atoms with E-state index < -0.39 is 45.0 Å². The molecule has 2 atom stereocenters. The van der Waals surface area contributed by atoms with Crippen molar-refractivity contribution in [2.75, 3.05) is 19.6 Å². The van der Waals surface area contributed by atoms with Crippen LogP contribution in [-0.4, -0.2) is 55.9 Å². The summed E-state index contributed by atoms with van der Waals surface area (Å²) < 4.78 is 114. The molecule has 2 heterocycles. The number of ether oxygens (including phenoxy) is 2. The van der Waals surface area contributed by atoms with Crippen LogP contribution in [0.4, 0.5) is 26.3 Å². The Balaban J connectivity index is 1.56. The molecule has 2 aromatic rings. The third-order valence-corrected chi connectivity index (χ3v) is 7.84. The number of sulfonamides is 1. The maximum atomic E-state index is 13.4. The zero-order valence-corrected chi connectivity index (χ0v) is 19.0. The Morgan fingerprint density at radius 3 is 2.31 bits per heavy atom. The van der Waals surface area contributed by atoms with Crippen molar-refractivity contribution in [3.8, 4) is 5.75 Å². The number of alkyl halides is 6. The van der Waals surface area contributed by atoms with Crippen LogP contribution in [0.1, 0.15) is 24.0 Å². The van der Waals surface area contributed by atoms with Crippen molar-refractivity contribution < 1.29 is 44.2 Å². The quantitative estimate of drug-likeness (QED) is 0.517. The SMILES string of the molecule is O=S(=O)(c1cccc(C(F)(F)F)c1)N1CCN2CCCC2C1OCc1ccc(OC(F)(F)F)cc1. The van der Waals surface area contributed by atoms with Gasteiger partial charge in [-0.1, -0.05) is 18.2 Å². The van der Waals surface area contributed by atoms with Gasteiger partial charge in [0.05, 0.1) is 23.1 Å². The van der Waals surface area contributed by atoms with Crippen LogP contribution in [0.25, 0.3) is 0 Å². The van der Waals surface area contributed by atoms with Crippen LogP contribution in [0.5, 0.6) is 5.75 Å². The van der Waals surface area contributed by atoms with Gasteiger partial charge >= 0.3 is 12.5 Å². The molecule has 2 aromatic carbocycles. The highest BCUT2D eigenvalue weighted by Crippen LogP contribution is 2.35. The minimum absolute atomic E-state index is 0.0259. The lowest BCUT2D eigenvalue weighted by atomic mass is 10.1. The van der Waals surface area contributed by atoms with E-state index in [9.17, 15) is 34.8 Å². The summed E-state index contributed by atoms with van der Waals surface area (Å²) in [4.78, 5) is 1.59.